The zero-order valence-electron chi connectivity index (χ0n) is 12.0. The van der Waals surface area contributed by atoms with E-state index in [0.29, 0.717) is 0 Å². The van der Waals surface area contributed by atoms with Gasteiger partial charge in [-0.15, -0.1) is 0 Å². The molecule has 0 amide bonds. The van der Waals surface area contributed by atoms with E-state index in [1.165, 1.54) is 6.33 Å². The SMILES string of the molecule is CN1CSC(=S)N(C)C1.c1cnccn1.c1cncnc1. The van der Waals surface area contributed by atoms with Gasteiger partial charge in [-0.05, 0) is 13.1 Å². The van der Waals surface area contributed by atoms with Crippen LogP contribution in [-0.2, 0) is 0 Å². The number of thioether (sulfide) groups is 1. The smallest absolute Gasteiger partial charge is 0.138 e. The fraction of sp³-hybridized carbons (Fsp3) is 0.308. The molecule has 0 aliphatic carbocycles. The molecule has 3 heterocycles. The van der Waals surface area contributed by atoms with Crippen molar-refractivity contribution in [2.24, 2.45) is 0 Å². The van der Waals surface area contributed by atoms with Crippen LogP contribution in [0, 0.1) is 0 Å². The number of hydrogen-bond donors (Lipinski definition) is 0. The van der Waals surface area contributed by atoms with E-state index in [2.05, 4.69) is 36.8 Å². The molecule has 2 aromatic heterocycles. The summed E-state index contributed by atoms with van der Waals surface area (Å²) >= 11 is 6.76. The van der Waals surface area contributed by atoms with Gasteiger partial charge in [0.2, 0.25) is 0 Å². The number of nitrogens with zero attached hydrogens (tertiary/aromatic N) is 6. The summed E-state index contributed by atoms with van der Waals surface area (Å²) in [6, 6.07) is 1.78. The minimum Gasteiger partial charge on any atom is -0.348 e. The summed E-state index contributed by atoms with van der Waals surface area (Å²) in [4.78, 5) is 19.1. The monoisotopic (exact) mass is 322 g/mol. The molecule has 21 heavy (non-hydrogen) atoms. The molecule has 1 fully saturated rings. The zero-order valence-corrected chi connectivity index (χ0v) is 13.7. The summed E-state index contributed by atoms with van der Waals surface area (Å²) in [6.45, 7) is 0.964. The molecule has 1 aliphatic heterocycles. The fourth-order valence-electron chi connectivity index (χ4n) is 1.24. The second-order valence-corrected chi connectivity index (χ2v) is 5.61. The number of hydrogen-bond acceptors (Lipinski definition) is 7. The molecule has 8 heteroatoms. The van der Waals surface area contributed by atoms with Crippen molar-refractivity contribution in [3.05, 3.63) is 49.6 Å². The summed E-state index contributed by atoms with van der Waals surface area (Å²) < 4.78 is 1.01. The van der Waals surface area contributed by atoms with Crippen LogP contribution in [0.25, 0.3) is 0 Å². The lowest BCUT2D eigenvalue weighted by Crippen LogP contribution is -2.40. The average molecular weight is 322 g/mol. The van der Waals surface area contributed by atoms with Crippen LogP contribution in [0.15, 0.2) is 49.6 Å². The molecule has 0 spiro atoms. The van der Waals surface area contributed by atoms with Crippen LogP contribution >= 0.6 is 24.0 Å². The van der Waals surface area contributed by atoms with Crippen molar-refractivity contribution >= 4 is 28.3 Å². The van der Waals surface area contributed by atoms with Gasteiger partial charge in [0.25, 0.3) is 0 Å². The summed E-state index contributed by atoms with van der Waals surface area (Å²) in [5.41, 5.74) is 0. The van der Waals surface area contributed by atoms with Crippen LogP contribution in [0.4, 0.5) is 0 Å². The third-order valence-corrected chi connectivity index (χ3v) is 3.92. The van der Waals surface area contributed by atoms with Gasteiger partial charge in [0.05, 0.1) is 12.5 Å². The Balaban J connectivity index is 0.000000163. The molecule has 0 saturated carbocycles. The minimum absolute atomic E-state index is 0.964. The predicted molar refractivity (Wildman–Crippen MR) is 89.5 cm³/mol. The van der Waals surface area contributed by atoms with Gasteiger partial charge in [-0.2, -0.15) is 0 Å². The maximum absolute atomic E-state index is 5.04. The van der Waals surface area contributed by atoms with Gasteiger partial charge in [-0.1, -0.05) is 24.0 Å². The average Bonchev–Trinajstić information content (AvgIpc) is 2.56. The third kappa shape index (κ3) is 9.01. The topological polar surface area (TPSA) is 58.0 Å². The molecule has 0 bridgehead atoms. The van der Waals surface area contributed by atoms with Gasteiger partial charge in [-0.25, -0.2) is 9.97 Å². The van der Waals surface area contributed by atoms with Crippen molar-refractivity contribution in [2.75, 3.05) is 26.6 Å². The van der Waals surface area contributed by atoms with E-state index in [9.17, 15) is 0 Å². The van der Waals surface area contributed by atoms with Crippen molar-refractivity contribution in [1.29, 1.82) is 0 Å². The van der Waals surface area contributed by atoms with Crippen molar-refractivity contribution in [3.8, 4) is 0 Å². The standard InChI is InChI=1S/C5H10N2S2.2C4H4N2/c1-6-3-7(2)5(8)9-4-6;1-2-6-4-3-5-1;1-2-5-4-6-3-1/h3-4H2,1-2H3;2*1-4H. The van der Waals surface area contributed by atoms with E-state index in [0.717, 1.165) is 16.9 Å². The fourth-order valence-corrected chi connectivity index (χ4v) is 2.15. The third-order valence-electron chi connectivity index (χ3n) is 2.13. The van der Waals surface area contributed by atoms with Crippen LogP contribution in [0.5, 0.6) is 0 Å². The molecule has 1 aliphatic rings. The predicted octanol–water partition coefficient (Wildman–Crippen LogP) is 1.75. The van der Waals surface area contributed by atoms with Gasteiger partial charge >= 0.3 is 0 Å². The van der Waals surface area contributed by atoms with Crippen LogP contribution in [0.3, 0.4) is 0 Å². The van der Waals surface area contributed by atoms with Crippen LogP contribution < -0.4 is 0 Å². The Labute approximate surface area is 134 Å². The highest BCUT2D eigenvalue weighted by molar-refractivity contribution is 8.22. The second kappa shape index (κ2) is 11.1. The van der Waals surface area contributed by atoms with E-state index < -0.39 is 0 Å². The summed E-state index contributed by atoms with van der Waals surface area (Å²) in [5.74, 6) is 1.03. The Bertz CT molecular complexity index is 400. The molecule has 0 atom stereocenters. The first kappa shape index (κ1) is 17.4. The van der Waals surface area contributed by atoms with Crippen LogP contribution in [0.1, 0.15) is 0 Å². The van der Waals surface area contributed by atoms with Crippen LogP contribution in [0.2, 0.25) is 0 Å². The number of rotatable bonds is 0. The van der Waals surface area contributed by atoms with E-state index in [1.54, 1.807) is 55.0 Å². The molecule has 0 aromatic carbocycles. The Kier molecular flexibility index (Phi) is 9.18. The Morgan fingerprint density at radius 2 is 1.52 bits per heavy atom. The Morgan fingerprint density at radius 3 is 1.81 bits per heavy atom. The molecule has 0 radical (unpaired) electrons. The first-order valence-corrected chi connectivity index (χ1v) is 7.56. The van der Waals surface area contributed by atoms with Crippen molar-refractivity contribution in [1.82, 2.24) is 29.7 Å². The lowest BCUT2D eigenvalue weighted by Gasteiger charge is -2.31. The molecule has 0 unspecified atom stereocenters. The first-order valence-electron chi connectivity index (χ1n) is 6.16. The van der Waals surface area contributed by atoms with Gasteiger partial charge in [0, 0.05) is 44.2 Å². The highest BCUT2D eigenvalue weighted by atomic mass is 32.2. The van der Waals surface area contributed by atoms with Gasteiger partial charge in [-0.3, -0.25) is 14.9 Å². The van der Waals surface area contributed by atoms with Gasteiger partial charge < -0.3 is 4.90 Å². The van der Waals surface area contributed by atoms with E-state index in [4.69, 9.17) is 12.2 Å². The van der Waals surface area contributed by atoms with Crippen molar-refractivity contribution in [3.63, 3.8) is 0 Å². The Morgan fingerprint density at radius 1 is 0.952 bits per heavy atom. The number of thiocarbonyl (C=S) groups is 1. The van der Waals surface area contributed by atoms with Crippen LogP contribution in [-0.4, -0.2) is 60.7 Å². The molecular formula is C13H18N6S2. The molecule has 3 rings (SSSR count). The van der Waals surface area contributed by atoms with Crippen molar-refractivity contribution < 1.29 is 0 Å². The quantitative estimate of drug-likeness (QED) is 0.680. The van der Waals surface area contributed by atoms with Crippen molar-refractivity contribution in [2.45, 2.75) is 0 Å². The lowest BCUT2D eigenvalue weighted by molar-refractivity contribution is 0.278. The lowest BCUT2D eigenvalue weighted by atomic mass is 10.7. The highest BCUT2D eigenvalue weighted by Gasteiger charge is 2.13. The van der Waals surface area contributed by atoms with Gasteiger partial charge in [0.1, 0.15) is 10.6 Å². The second-order valence-electron chi connectivity index (χ2n) is 4.03. The van der Waals surface area contributed by atoms with E-state index in [1.807, 2.05) is 7.05 Å². The zero-order chi connectivity index (χ0) is 15.3. The maximum atomic E-state index is 5.04. The Hall–Kier alpha value is -1.64. The molecule has 112 valence electrons. The summed E-state index contributed by atoms with van der Waals surface area (Å²) in [5, 5.41) is 0. The van der Waals surface area contributed by atoms with E-state index in [-0.39, 0.29) is 0 Å². The molecule has 6 nitrogen and oxygen atoms in total. The largest absolute Gasteiger partial charge is 0.348 e. The minimum atomic E-state index is 0.964. The number of aromatic nitrogens is 4. The van der Waals surface area contributed by atoms with E-state index >= 15 is 0 Å². The maximum Gasteiger partial charge on any atom is 0.138 e. The summed E-state index contributed by atoms with van der Waals surface area (Å²) in [6.07, 6.45) is 11.4. The highest BCUT2D eigenvalue weighted by Crippen LogP contribution is 2.14. The first-order chi connectivity index (χ1) is 10.2. The molecule has 2 aromatic rings. The molecular weight excluding hydrogens is 304 g/mol. The van der Waals surface area contributed by atoms with Gasteiger partial charge in [0.15, 0.2) is 0 Å². The summed E-state index contributed by atoms with van der Waals surface area (Å²) in [7, 11) is 4.11. The molecule has 1 saturated heterocycles. The normalized spacial score (nSPS) is 14.4. The molecule has 0 N–H and O–H groups in total.